The smallest absolute Gasteiger partial charge is 0.543 e. The van der Waals surface area contributed by atoms with Crippen LogP contribution in [0.4, 0.5) is 0 Å². The Morgan fingerprint density at radius 3 is 2.76 bits per heavy atom. The molecule has 0 aromatic heterocycles. The summed E-state index contributed by atoms with van der Waals surface area (Å²) in [5.74, 6) is -1.09. The molecule has 0 aromatic rings. The number of amides is 1. The number of hydrogen-bond donors (Lipinski definition) is 1. The van der Waals surface area contributed by atoms with Gasteiger partial charge in [0.05, 0.1) is 35.0 Å². The topological polar surface area (TPSA) is 80.7 Å². The van der Waals surface area contributed by atoms with E-state index >= 15 is 0 Å². The Kier molecular flexibility index (Phi) is 5.43. The zero-order chi connectivity index (χ0) is 14.6. The standard InChI is InChI=1S/C13H17NO4S2.Na/c1-5(15)7-9-11-8(6(19-2)3-4-20-11)10(13(17)18)14(9)12(7)16;/h5-7,9,11,15H,3-4H2,1-2H3,(H,17,18);/q;+1/p-1/t5-,6+,7-,9+,11+;/m1./s1. The summed E-state index contributed by atoms with van der Waals surface area (Å²) in [6.45, 7) is 1.59. The fourth-order valence-electron chi connectivity index (χ4n) is 3.51. The molecule has 0 spiro atoms. The number of aliphatic hydroxyl groups is 1. The second kappa shape index (κ2) is 6.45. The molecule has 21 heavy (non-hydrogen) atoms. The van der Waals surface area contributed by atoms with Crippen LogP contribution in [0.5, 0.6) is 0 Å². The van der Waals surface area contributed by atoms with E-state index in [9.17, 15) is 19.8 Å². The van der Waals surface area contributed by atoms with Crippen molar-refractivity contribution in [3.63, 3.8) is 0 Å². The van der Waals surface area contributed by atoms with Crippen LogP contribution in [0, 0.1) is 5.92 Å². The van der Waals surface area contributed by atoms with Gasteiger partial charge in [-0.2, -0.15) is 23.5 Å². The van der Waals surface area contributed by atoms with Crippen LogP contribution >= 0.6 is 23.5 Å². The number of fused-ring (bicyclic) bond motifs is 3. The van der Waals surface area contributed by atoms with Crippen LogP contribution in [0.25, 0.3) is 0 Å². The molecule has 3 aliphatic rings. The minimum Gasteiger partial charge on any atom is -0.543 e. The van der Waals surface area contributed by atoms with E-state index in [2.05, 4.69) is 0 Å². The third-order valence-electron chi connectivity index (χ3n) is 4.34. The first-order chi connectivity index (χ1) is 9.49. The fraction of sp³-hybridized carbons (Fsp3) is 0.692. The average Bonchev–Trinajstić information content (AvgIpc) is 2.69. The van der Waals surface area contributed by atoms with E-state index in [1.165, 1.54) is 4.90 Å². The molecule has 3 aliphatic heterocycles. The Bertz CT molecular complexity index is 510. The third-order valence-corrected chi connectivity index (χ3v) is 6.76. The maximum atomic E-state index is 12.2. The van der Waals surface area contributed by atoms with E-state index in [0.29, 0.717) is 0 Å². The normalized spacial score (nSPS) is 35.6. The van der Waals surface area contributed by atoms with Gasteiger partial charge in [0, 0.05) is 5.25 Å². The van der Waals surface area contributed by atoms with Crippen LogP contribution in [-0.2, 0) is 9.59 Å². The largest absolute Gasteiger partial charge is 1.00 e. The monoisotopic (exact) mass is 337 g/mol. The molecule has 5 atom stereocenters. The van der Waals surface area contributed by atoms with Gasteiger partial charge in [0.1, 0.15) is 0 Å². The number of thioether (sulfide) groups is 2. The summed E-state index contributed by atoms with van der Waals surface area (Å²) in [6.07, 6.45) is 2.12. The molecule has 2 saturated heterocycles. The van der Waals surface area contributed by atoms with E-state index < -0.39 is 18.0 Å². The van der Waals surface area contributed by atoms with Crippen LogP contribution in [0.1, 0.15) is 13.3 Å². The zero-order valence-electron chi connectivity index (χ0n) is 12.2. The summed E-state index contributed by atoms with van der Waals surface area (Å²) < 4.78 is 0. The third kappa shape index (κ3) is 2.50. The van der Waals surface area contributed by atoms with Crippen LogP contribution in [0.3, 0.4) is 0 Å². The van der Waals surface area contributed by atoms with Gasteiger partial charge in [-0.1, -0.05) is 0 Å². The van der Waals surface area contributed by atoms with Crippen molar-refractivity contribution in [2.75, 3.05) is 12.0 Å². The number of rotatable bonds is 3. The summed E-state index contributed by atoms with van der Waals surface area (Å²) in [6, 6.07) is -0.217. The first kappa shape index (κ1) is 17.7. The summed E-state index contributed by atoms with van der Waals surface area (Å²) in [4.78, 5) is 25.0. The Hall–Kier alpha value is 0.340. The summed E-state index contributed by atoms with van der Waals surface area (Å²) >= 11 is 3.32. The minimum atomic E-state index is -1.27. The van der Waals surface area contributed by atoms with Crippen molar-refractivity contribution < 1.29 is 49.4 Å². The van der Waals surface area contributed by atoms with Gasteiger partial charge in [0.2, 0.25) is 5.91 Å². The molecule has 3 rings (SSSR count). The number of aliphatic carboxylic acids is 1. The molecule has 0 saturated carbocycles. The molecule has 110 valence electrons. The number of β-lactam (4-membered cyclic amide) rings is 1. The minimum absolute atomic E-state index is 0. The Morgan fingerprint density at radius 2 is 2.24 bits per heavy atom. The number of carboxylic acids is 1. The summed E-state index contributed by atoms with van der Waals surface area (Å²) in [7, 11) is 0. The quantitative estimate of drug-likeness (QED) is 0.424. The Morgan fingerprint density at radius 1 is 1.57 bits per heavy atom. The van der Waals surface area contributed by atoms with Gasteiger partial charge in [0.15, 0.2) is 0 Å². The molecular weight excluding hydrogens is 321 g/mol. The number of hydrogen-bond acceptors (Lipinski definition) is 6. The predicted molar refractivity (Wildman–Crippen MR) is 76.0 cm³/mol. The van der Waals surface area contributed by atoms with Gasteiger partial charge in [-0.3, -0.25) is 4.79 Å². The molecule has 5 nitrogen and oxygen atoms in total. The van der Waals surface area contributed by atoms with Crippen molar-refractivity contribution in [1.29, 1.82) is 0 Å². The van der Waals surface area contributed by atoms with E-state index in [-0.39, 0.29) is 57.7 Å². The molecule has 0 aromatic carbocycles. The fourth-order valence-corrected chi connectivity index (χ4v) is 6.18. The Labute approximate surface area is 154 Å². The predicted octanol–water partition coefficient (Wildman–Crippen LogP) is -3.55. The molecule has 0 bridgehead atoms. The van der Waals surface area contributed by atoms with Crippen molar-refractivity contribution >= 4 is 35.4 Å². The molecule has 2 fully saturated rings. The van der Waals surface area contributed by atoms with Crippen molar-refractivity contribution in [2.45, 2.75) is 36.0 Å². The molecule has 8 heteroatoms. The number of aliphatic hydroxyl groups excluding tert-OH is 1. The number of nitrogens with zero attached hydrogens (tertiary/aromatic N) is 1. The second-order valence-corrected chi connectivity index (χ2v) is 7.65. The molecule has 1 amide bonds. The van der Waals surface area contributed by atoms with Crippen LogP contribution in [0.15, 0.2) is 11.3 Å². The van der Waals surface area contributed by atoms with Crippen molar-refractivity contribution in [3.05, 3.63) is 11.3 Å². The molecule has 0 radical (unpaired) electrons. The molecule has 3 heterocycles. The number of carboxylic acid groups (broad SMARTS) is 1. The van der Waals surface area contributed by atoms with E-state index in [1.54, 1.807) is 30.4 Å². The molecular formula is C13H16NNaO4S2. The number of carbonyl (C=O) groups excluding carboxylic acids is 2. The second-order valence-electron chi connectivity index (χ2n) is 5.36. The van der Waals surface area contributed by atoms with Gasteiger partial charge in [0.25, 0.3) is 0 Å². The van der Waals surface area contributed by atoms with Gasteiger partial charge >= 0.3 is 29.6 Å². The summed E-state index contributed by atoms with van der Waals surface area (Å²) in [5.41, 5.74) is 0.892. The van der Waals surface area contributed by atoms with E-state index in [4.69, 9.17) is 0 Å². The molecule has 0 aliphatic carbocycles. The molecule has 0 unspecified atom stereocenters. The van der Waals surface area contributed by atoms with Gasteiger partial charge in [-0.25, -0.2) is 0 Å². The van der Waals surface area contributed by atoms with Crippen LogP contribution in [0.2, 0.25) is 0 Å². The van der Waals surface area contributed by atoms with Crippen LogP contribution in [-0.4, -0.2) is 56.5 Å². The maximum Gasteiger partial charge on any atom is 1.00 e. The average molecular weight is 337 g/mol. The molecule has 1 N–H and O–H groups in total. The van der Waals surface area contributed by atoms with Crippen LogP contribution < -0.4 is 34.7 Å². The number of carbonyl (C=O) groups is 2. The van der Waals surface area contributed by atoms with E-state index in [0.717, 1.165) is 17.7 Å². The summed E-state index contributed by atoms with van der Waals surface area (Å²) in [5, 5.41) is 21.4. The first-order valence-electron chi connectivity index (χ1n) is 6.60. The maximum absolute atomic E-state index is 12.2. The van der Waals surface area contributed by atoms with Gasteiger partial charge < -0.3 is 19.9 Å². The Balaban J connectivity index is 0.00000161. The van der Waals surface area contributed by atoms with Crippen molar-refractivity contribution in [3.8, 4) is 0 Å². The SMILES string of the molecule is CS[C@H]1CCS[C@H]2C1=C(C(=O)[O-])N1C(=O)[C@H]([C@@H](C)O)[C@@H]21.[Na+]. The first-order valence-corrected chi connectivity index (χ1v) is 8.93. The van der Waals surface area contributed by atoms with E-state index in [1.807, 2.05) is 6.26 Å². The van der Waals surface area contributed by atoms with Gasteiger partial charge in [-0.05, 0) is 30.9 Å². The zero-order valence-corrected chi connectivity index (χ0v) is 15.9. The van der Waals surface area contributed by atoms with Crippen molar-refractivity contribution in [2.24, 2.45) is 5.92 Å². The van der Waals surface area contributed by atoms with Gasteiger partial charge in [-0.15, -0.1) is 0 Å². The van der Waals surface area contributed by atoms with Crippen molar-refractivity contribution in [1.82, 2.24) is 4.90 Å².